The van der Waals surface area contributed by atoms with Gasteiger partial charge in [-0.1, -0.05) is 20.3 Å². The zero-order chi connectivity index (χ0) is 14.6. The van der Waals surface area contributed by atoms with Crippen molar-refractivity contribution in [3.63, 3.8) is 0 Å². The number of aromatic nitrogens is 2. The van der Waals surface area contributed by atoms with E-state index >= 15 is 0 Å². The first-order chi connectivity index (χ1) is 9.64. The van der Waals surface area contributed by atoms with Crippen LogP contribution in [0.15, 0.2) is 6.20 Å². The largest absolute Gasteiger partial charge is 0.371 e. The second-order valence-electron chi connectivity index (χ2n) is 5.74. The first-order valence-corrected chi connectivity index (χ1v) is 7.79. The van der Waals surface area contributed by atoms with Crippen molar-refractivity contribution in [3.05, 3.63) is 23.3 Å². The van der Waals surface area contributed by atoms with E-state index in [9.17, 15) is 0 Å². The number of aryl methyl sites for hydroxylation is 1. The van der Waals surface area contributed by atoms with E-state index in [1.165, 1.54) is 30.5 Å². The number of ether oxygens (including phenoxy) is 1. The number of nitrogens with one attached hydrogen (secondary N) is 1. The second kappa shape index (κ2) is 6.64. The first-order valence-electron chi connectivity index (χ1n) is 7.79. The van der Waals surface area contributed by atoms with Gasteiger partial charge in [0.25, 0.3) is 0 Å². The van der Waals surface area contributed by atoms with Gasteiger partial charge >= 0.3 is 0 Å². The summed E-state index contributed by atoms with van der Waals surface area (Å²) in [5.41, 5.74) is 2.10. The predicted octanol–water partition coefficient (Wildman–Crippen LogP) is 3.13. The third-order valence-corrected chi connectivity index (χ3v) is 4.48. The fourth-order valence-corrected chi connectivity index (χ4v) is 2.82. The summed E-state index contributed by atoms with van der Waals surface area (Å²) >= 11 is 0. The minimum atomic E-state index is -0.380. The molecule has 1 heterocycles. The Morgan fingerprint density at radius 1 is 1.40 bits per heavy atom. The lowest BCUT2D eigenvalue weighted by Crippen LogP contribution is -2.28. The Morgan fingerprint density at radius 2 is 2.20 bits per heavy atom. The quantitative estimate of drug-likeness (QED) is 0.840. The highest BCUT2D eigenvalue weighted by Gasteiger charge is 2.29. The molecule has 1 N–H and O–H groups in total. The molecule has 4 heteroatoms. The van der Waals surface area contributed by atoms with E-state index in [2.05, 4.69) is 31.1 Å². The van der Waals surface area contributed by atoms with Gasteiger partial charge in [-0.25, -0.2) is 9.97 Å². The molecule has 1 aliphatic rings. The van der Waals surface area contributed by atoms with Gasteiger partial charge in [-0.15, -0.1) is 0 Å². The Balaban J connectivity index is 2.37. The Hall–Kier alpha value is -1.00. The summed E-state index contributed by atoms with van der Waals surface area (Å²) in [6.07, 6.45) is 7.58. The molecule has 0 radical (unpaired) electrons. The van der Waals surface area contributed by atoms with Crippen LogP contribution in [0.25, 0.3) is 0 Å². The van der Waals surface area contributed by atoms with Gasteiger partial charge in [0.05, 0.1) is 0 Å². The SMILES string of the molecule is CCNC1CCCCc2nc(C(C)(CC)OC)ncc21. The molecule has 0 spiro atoms. The normalized spacial score (nSPS) is 21.9. The summed E-state index contributed by atoms with van der Waals surface area (Å²) in [6.45, 7) is 7.31. The van der Waals surface area contributed by atoms with E-state index in [-0.39, 0.29) is 5.60 Å². The summed E-state index contributed by atoms with van der Waals surface area (Å²) < 4.78 is 5.63. The van der Waals surface area contributed by atoms with E-state index in [0.29, 0.717) is 6.04 Å². The molecule has 0 aliphatic heterocycles. The lowest BCUT2D eigenvalue weighted by Gasteiger charge is -2.26. The number of hydrogen-bond donors (Lipinski definition) is 1. The van der Waals surface area contributed by atoms with Crippen LogP contribution in [0.2, 0.25) is 0 Å². The van der Waals surface area contributed by atoms with Crippen molar-refractivity contribution in [2.75, 3.05) is 13.7 Å². The van der Waals surface area contributed by atoms with Crippen LogP contribution in [0.5, 0.6) is 0 Å². The first kappa shape index (κ1) is 15.4. The van der Waals surface area contributed by atoms with Crippen LogP contribution in [0.4, 0.5) is 0 Å². The van der Waals surface area contributed by atoms with Gasteiger partial charge in [0.2, 0.25) is 0 Å². The Bertz CT molecular complexity index is 443. The summed E-state index contributed by atoms with van der Waals surface area (Å²) in [5, 5.41) is 3.56. The molecule has 0 saturated heterocycles. The van der Waals surface area contributed by atoms with Crippen molar-refractivity contribution in [2.24, 2.45) is 0 Å². The maximum absolute atomic E-state index is 5.63. The molecule has 0 saturated carbocycles. The monoisotopic (exact) mass is 277 g/mol. The van der Waals surface area contributed by atoms with E-state index in [0.717, 1.165) is 25.2 Å². The molecule has 2 rings (SSSR count). The van der Waals surface area contributed by atoms with Crippen molar-refractivity contribution in [3.8, 4) is 0 Å². The Kier molecular flexibility index (Phi) is 5.11. The van der Waals surface area contributed by atoms with E-state index in [4.69, 9.17) is 9.72 Å². The van der Waals surface area contributed by atoms with Gasteiger partial charge in [0.15, 0.2) is 5.82 Å². The molecule has 4 nitrogen and oxygen atoms in total. The average Bonchev–Trinajstić information content (AvgIpc) is 2.69. The van der Waals surface area contributed by atoms with Crippen LogP contribution in [-0.2, 0) is 16.8 Å². The summed E-state index contributed by atoms with van der Waals surface area (Å²) in [4.78, 5) is 9.45. The molecule has 0 amide bonds. The zero-order valence-corrected chi connectivity index (χ0v) is 13.2. The molecular weight excluding hydrogens is 250 g/mol. The topological polar surface area (TPSA) is 47.0 Å². The molecule has 1 aliphatic carbocycles. The van der Waals surface area contributed by atoms with E-state index < -0.39 is 0 Å². The lowest BCUT2D eigenvalue weighted by atomic mass is 10.0. The predicted molar refractivity (Wildman–Crippen MR) is 80.7 cm³/mol. The molecule has 20 heavy (non-hydrogen) atoms. The minimum absolute atomic E-state index is 0.380. The molecule has 2 atom stereocenters. The fourth-order valence-electron chi connectivity index (χ4n) is 2.82. The highest BCUT2D eigenvalue weighted by molar-refractivity contribution is 5.24. The van der Waals surface area contributed by atoms with Crippen molar-refractivity contribution < 1.29 is 4.74 Å². The Labute approximate surface area is 122 Å². The van der Waals surface area contributed by atoms with Gasteiger partial charge in [-0.05, 0) is 39.2 Å². The molecule has 112 valence electrons. The molecular formula is C16H27N3O. The molecule has 1 aromatic heterocycles. The maximum atomic E-state index is 5.63. The smallest absolute Gasteiger partial charge is 0.160 e. The van der Waals surface area contributed by atoms with Gasteiger partial charge in [0.1, 0.15) is 5.60 Å². The lowest BCUT2D eigenvalue weighted by molar-refractivity contribution is -0.00921. The standard InChI is InChI=1S/C16H27N3O/c1-5-16(3,20-4)15-18-11-12-13(17-6-2)9-7-8-10-14(12)19-15/h11,13,17H,5-10H2,1-4H3. The van der Waals surface area contributed by atoms with Crippen LogP contribution < -0.4 is 5.32 Å². The summed E-state index contributed by atoms with van der Waals surface area (Å²) in [7, 11) is 1.74. The Morgan fingerprint density at radius 3 is 2.85 bits per heavy atom. The highest BCUT2D eigenvalue weighted by Crippen LogP contribution is 2.30. The number of rotatable bonds is 5. The highest BCUT2D eigenvalue weighted by atomic mass is 16.5. The molecule has 1 aromatic rings. The maximum Gasteiger partial charge on any atom is 0.160 e. The van der Waals surface area contributed by atoms with Crippen LogP contribution in [0, 0.1) is 0 Å². The number of nitrogens with zero attached hydrogens (tertiary/aromatic N) is 2. The third kappa shape index (κ3) is 3.01. The summed E-state index contributed by atoms with van der Waals surface area (Å²) in [6, 6.07) is 0.405. The van der Waals surface area contributed by atoms with Gasteiger partial charge in [-0.3, -0.25) is 0 Å². The average molecular weight is 277 g/mol. The van der Waals surface area contributed by atoms with Crippen LogP contribution in [-0.4, -0.2) is 23.6 Å². The van der Waals surface area contributed by atoms with Gasteiger partial charge < -0.3 is 10.1 Å². The van der Waals surface area contributed by atoms with E-state index in [1.54, 1.807) is 7.11 Å². The van der Waals surface area contributed by atoms with Crippen molar-refractivity contribution >= 4 is 0 Å². The minimum Gasteiger partial charge on any atom is -0.371 e. The molecule has 0 bridgehead atoms. The number of hydrogen-bond acceptors (Lipinski definition) is 4. The van der Waals surface area contributed by atoms with Crippen LogP contribution in [0.3, 0.4) is 0 Å². The van der Waals surface area contributed by atoms with Crippen LogP contribution in [0.1, 0.15) is 69.6 Å². The zero-order valence-electron chi connectivity index (χ0n) is 13.2. The van der Waals surface area contributed by atoms with Crippen molar-refractivity contribution in [1.82, 2.24) is 15.3 Å². The van der Waals surface area contributed by atoms with Crippen LogP contribution >= 0.6 is 0 Å². The molecule has 0 fully saturated rings. The third-order valence-electron chi connectivity index (χ3n) is 4.48. The van der Waals surface area contributed by atoms with Gasteiger partial charge in [0, 0.05) is 30.6 Å². The molecule has 2 unspecified atom stereocenters. The summed E-state index contributed by atoms with van der Waals surface area (Å²) in [5.74, 6) is 0.818. The van der Waals surface area contributed by atoms with Crippen molar-refractivity contribution in [1.29, 1.82) is 0 Å². The van der Waals surface area contributed by atoms with Gasteiger partial charge in [-0.2, -0.15) is 0 Å². The second-order valence-corrected chi connectivity index (χ2v) is 5.74. The molecule has 0 aromatic carbocycles. The van der Waals surface area contributed by atoms with E-state index in [1.807, 2.05) is 6.20 Å². The van der Waals surface area contributed by atoms with Crippen molar-refractivity contribution in [2.45, 2.75) is 64.5 Å². The fraction of sp³-hybridized carbons (Fsp3) is 0.750. The number of methoxy groups -OCH3 is 1. The number of fused-ring (bicyclic) bond motifs is 1.